The SMILES string of the molecule is NC(=O)NC(=O)c1cc(Br)cc([N+](=O)[O-])c1. The van der Waals surface area contributed by atoms with Gasteiger partial charge in [0.1, 0.15) is 0 Å². The molecule has 3 amide bonds. The van der Waals surface area contributed by atoms with Gasteiger partial charge in [-0.3, -0.25) is 20.2 Å². The molecule has 0 heterocycles. The Balaban J connectivity index is 3.09. The number of nitro groups is 1. The molecule has 0 spiro atoms. The number of hydrogen-bond donors (Lipinski definition) is 2. The highest BCUT2D eigenvalue weighted by Gasteiger charge is 2.14. The number of halogens is 1. The zero-order chi connectivity index (χ0) is 12.3. The lowest BCUT2D eigenvalue weighted by atomic mass is 10.2. The number of carbonyl (C=O) groups excluding carboxylic acids is 2. The van der Waals surface area contributed by atoms with Crippen LogP contribution in [-0.2, 0) is 0 Å². The number of benzene rings is 1. The monoisotopic (exact) mass is 287 g/mol. The Kier molecular flexibility index (Phi) is 3.56. The van der Waals surface area contributed by atoms with Gasteiger partial charge in [-0.1, -0.05) is 15.9 Å². The molecule has 0 radical (unpaired) electrons. The molecule has 0 unspecified atom stereocenters. The summed E-state index contributed by atoms with van der Waals surface area (Å²) in [7, 11) is 0. The summed E-state index contributed by atoms with van der Waals surface area (Å²) in [6.45, 7) is 0. The van der Waals surface area contributed by atoms with Crippen LogP contribution in [0.3, 0.4) is 0 Å². The molecule has 0 aliphatic carbocycles. The van der Waals surface area contributed by atoms with Gasteiger partial charge in [0.25, 0.3) is 11.6 Å². The first-order valence-corrected chi connectivity index (χ1v) is 4.75. The van der Waals surface area contributed by atoms with E-state index < -0.39 is 16.9 Å². The quantitative estimate of drug-likeness (QED) is 0.627. The van der Waals surface area contributed by atoms with Crippen LogP contribution in [0.2, 0.25) is 0 Å². The first kappa shape index (κ1) is 12.1. The first-order valence-electron chi connectivity index (χ1n) is 3.96. The predicted octanol–water partition coefficient (Wildman–Crippen LogP) is 1.17. The number of primary amides is 1. The minimum Gasteiger partial charge on any atom is -0.351 e. The van der Waals surface area contributed by atoms with E-state index in [0.717, 1.165) is 6.07 Å². The van der Waals surface area contributed by atoms with Crippen molar-refractivity contribution in [1.29, 1.82) is 0 Å². The molecule has 0 fully saturated rings. The van der Waals surface area contributed by atoms with Crippen LogP contribution < -0.4 is 11.1 Å². The van der Waals surface area contributed by atoms with Crippen molar-refractivity contribution in [2.24, 2.45) is 5.73 Å². The van der Waals surface area contributed by atoms with Crippen molar-refractivity contribution in [3.63, 3.8) is 0 Å². The Labute approximate surface area is 97.9 Å². The highest BCUT2D eigenvalue weighted by molar-refractivity contribution is 9.10. The third kappa shape index (κ3) is 3.02. The molecule has 8 heteroatoms. The van der Waals surface area contributed by atoms with Gasteiger partial charge in [-0.15, -0.1) is 0 Å². The van der Waals surface area contributed by atoms with E-state index in [9.17, 15) is 19.7 Å². The molecule has 1 rings (SSSR count). The third-order valence-electron chi connectivity index (χ3n) is 1.59. The summed E-state index contributed by atoms with van der Waals surface area (Å²) in [4.78, 5) is 31.6. The predicted molar refractivity (Wildman–Crippen MR) is 57.8 cm³/mol. The van der Waals surface area contributed by atoms with Gasteiger partial charge < -0.3 is 5.73 Å². The number of rotatable bonds is 2. The van der Waals surface area contributed by atoms with Crippen LogP contribution >= 0.6 is 15.9 Å². The van der Waals surface area contributed by atoms with Gasteiger partial charge in [0.05, 0.1) is 4.92 Å². The van der Waals surface area contributed by atoms with Gasteiger partial charge in [0, 0.05) is 22.2 Å². The topological polar surface area (TPSA) is 115 Å². The Morgan fingerprint density at radius 3 is 2.50 bits per heavy atom. The molecule has 84 valence electrons. The second-order valence-corrected chi connectivity index (χ2v) is 3.69. The Hall–Kier alpha value is -1.96. The van der Waals surface area contributed by atoms with Crippen LogP contribution in [0.25, 0.3) is 0 Å². The standard InChI is InChI=1S/C8H6BrN3O4/c9-5-1-4(7(13)11-8(10)14)2-6(3-5)12(15)16/h1-3H,(H3,10,11,13,14). The number of nitro benzene ring substituents is 1. The van der Waals surface area contributed by atoms with Crippen molar-refractivity contribution in [1.82, 2.24) is 5.32 Å². The maximum Gasteiger partial charge on any atom is 0.319 e. The summed E-state index contributed by atoms with van der Waals surface area (Å²) in [5.41, 5.74) is 4.46. The Morgan fingerprint density at radius 1 is 1.38 bits per heavy atom. The van der Waals surface area contributed by atoms with Crippen LogP contribution in [0, 0.1) is 10.1 Å². The number of hydrogen-bond acceptors (Lipinski definition) is 4. The van der Waals surface area contributed by atoms with Gasteiger partial charge in [0.2, 0.25) is 0 Å². The van der Waals surface area contributed by atoms with Gasteiger partial charge in [-0.25, -0.2) is 4.79 Å². The number of nitrogens with one attached hydrogen (secondary N) is 1. The summed E-state index contributed by atoms with van der Waals surface area (Å²) >= 11 is 3.02. The van der Waals surface area contributed by atoms with Crippen molar-refractivity contribution in [3.8, 4) is 0 Å². The van der Waals surface area contributed by atoms with Gasteiger partial charge in [-0.2, -0.15) is 0 Å². The van der Waals surface area contributed by atoms with E-state index in [4.69, 9.17) is 5.73 Å². The Morgan fingerprint density at radius 2 is 2.00 bits per heavy atom. The average molecular weight is 288 g/mol. The number of carbonyl (C=O) groups is 2. The zero-order valence-electron chi connectivity index (χ0n) is 7.77. The molecule has 0 aliphatic rings. The van der Waals surface area contributed by atoms with Crippen molar-refractivity contribution in [2.45, 2.75) is 0 Å². The molecule has 7 nitrogen and oxygen atoms in total. The minimum atomic E-state index is -1.02. The minimum absolute atomic E-state index is 0.0279. The zero-order valence-corrected chi connectivity index (χ0v) is 9.35. The lowest BCUT2D eigenvalue weighted by molar-refractivity contribution is -0.385. The van der Waals surface area contributed by atoms with Crippen LogP contribution in [0.15, 0.2) is 22.7 Å². The number of nitrogens with zero attached hydrogens (tertiary/aromatic N) is 1. The fraction of sp³-hybridized carbons (Fsp3) is 0. The van der Waals surface area contributed by atoms with E-state index >= 15 is 0 Å². The fourth-order valence-corrected chi connectivity index (χ4v) is 1.48. The summed E-state index contributed by atoms with van der Waals surface area (Å²) in [6, 6.07) is 2.60. The van der Waals surface area contributed by atoms with Gasteiger partial charge in [-0.05, 0) is 6.07 Å². The number of nitrogens with two attached hydrogens (primary N) is 1. The smallest absolute Gasteiger partial charge is 0.319 e. The summed E-state index contributed by atoms with van der Waals surface area (Å²) in [6.07, 6.45) is 0. The average Bonchev–Trinajstić information content (AvgIpc) is 2.15. The molecule has 0 saturated carbocycles. The normalized spacial score (nSPS) is 9.56. The number of non-ortho nitro benzene ring substituents is 1. The first-order chi connectivity index (χ1) is 7.40. The Bertz CT molecular complexity index is 474. The molecular weight excluding hydrogens is 282 g/mol. The molecule has 1 aromatic rings. The second-order valence-electron chi connectivity index (χ2n) is 2.77. The van der Waals surface area contributed by atoms with E-state index in [0.29, 0.717) is 4.47 Å². The van der Waals surface area contributed by atoms with E-state index in [1.165, 1.54) is 12.1 Å². The van der Waals surface area contributed by atoms with E-state index in [-0.39, 0.29) is 11.3 Å². The van der Waals surface area contributed by atoms with Gasteiger partial charge >= 0.3 is 6.03 Å². The molecule has 0 bridgehead atoms. The third-order valence-corrected chi connectivity index (χ3v) is 2.05. The van der Waals surface area contributed by atoms with Crippen LogP contribution in [0.4, 0.5) is 10.5 Å². The lowest BCUT2D eigenvalue weighted by Gasteiger charge is -2.01. The van der Waals surface area contributed by atoms with E-state index in [2.05, 4.69) is 15.9 Å². The van der Waals surface area contributed by atoms with E-state index in [1.807, 2.05) is 5.32 Å². The van der Waals surface area contributed by atoms with Crippen molar-refractivity contribution in [2.75, 3.05) is 0 Å². The number of amides is 3. The van der Waals surface area contributed by atoms with Crippen LogP contribution in [-0.4, -0.2) is 16.9 Å². The maximum atomic E-state index is 11.3. The lowest BCUT2D eigenvalue weighted by Crippen LogP contribution is -2.34. The highest BCUT2D eigenvalue weighted by Crippen LogP contribution is 2.21. The highest BCUT2D eigenvalue weighted by atomic mass is 79.9. The molecular formula is C8H6BrN3O4. The number of imide groups is 1. The molecule has 0 saturated heterocycles. The van der Waals surface area contributed by atoms with Crippen LogP contribution in [0.1, 0.15) is 10.4 Å². The van der Waals surface area contributed by atoms with Gasteiger partial charge in [0.15, 0.2) is 0 Å². The summed E-state index contributed by atoms with van der Waals surface area (Å²) in [5.74, 6) is -0.795. The number of urea groups is 1. The molecule has 1 aromatic carbocycles. The maximum absolute atomic E-state index is 11.3. The van der Waals surface area contributed by atoms with E-state index in [1.54, 1.807) is 0 Å². The largest absolute Gasteiger partial charge is 0.351 e. The second kappa shape index (κ2) is 4.71. The molecule has 0 aromatic heterocycles. The summed E-state index contributed by atoms with van der Waals surface area (Å²) < 4.78 is 0.358. The molecule has 16 heavy (non-hydrogen) atoms. The van der Waals surface area contributed by atoms with Crippen molar-refractivity contribution in [3.05, 3.63) is 38.3 Å². The molecule has 0 aliphatic heterocycles. The van der Waals surface area contributed by atoms with Crippen molar-refractivity contribution >= 4 is 33.6 Å². The van der Waals surface area contributed by atoms with Crippen LogP contribution in [0.5, 0.6) is 0 Å². The molecule has 0 atom stereocenters. The van der Waals surface area contributed by atoms with Crippen molar-refractivity contribution < 1.29 is 14.5 Å². The summed E-state index contributed by atoms with van der Waals surface area (Å²) in [5, 5.41) is 12.3. The fourth-order valence-electron chi connectivity index (χ4n) is 0.995. The molecule has 3 N–H and O–H groups in total.